The van der Waals surface area contributed by atoms with E-state index in [1.807, 2.05) is 36.4 Å². The summed E-state index contributed by atoms with van der Waals surface area (Å²) >= 11 is 0. The van der Waals surface area contributed by atoms with Gasteiger partial charge in [-0.1, -0.05) is 42.5 Å². The Kier molecular flexibility index (Phi) is 3.58. The fourth-order valence-electron chi connectivity index (χ4n) is 3.18. The van der Waals surface area contributed by atoms with E-state index in [1.54, 1.807) is 6.07 Å². The van der Waals surface area contributed by atoms with Crippen molar-refractivity contribution in [1.82, 2.24) is 0 Å². The summed E-state index contributed by atoms with van der Waals surface area (Å²) in [5.41, 5.74) is 2.51. The minimum Gasteiger partial charge on any atom is -0.473 e. The minimum absolute atomic E-state index is 0.339. The Balaban J connectivity index is 1.78. The van der Waals surface area contributed by atoms with Crippen LogP contribution in [0.2, 0.25) is 0 Å². The molecule has 4 rings (SSSR count). The van der Waals surface area contributed by atoms with Crippen LogP contribution < -0.4 is 9.64 Å². The molecule has 0 bridgehead atoms. The first-order valence-electron chi connectivity index (χ1n) is 7.83. The van der Waals surface area contributed by atoms with Crippen molar-refractivity contribution < 1.29 is 14.3 Å². The third kappa shape index (κ3) is 2.36. The van der Waals surface area contributed by atoms with Gasteiger partial charge in [0.2, 0.25) is 0 Å². The maximum absolute atomic E-state index is 12.0. The summed E-state index contributed by atoms with van der Waals surface area (Å²) in [4.78, 5) is 14.1. The lowest BCUT2D eigenvalue weighted by Crippen LogP contribution is -2.33. The molecule has 0 unspecified atom stereocenters. The smallest absolute Gasteiger partial charge is 0.339 e. The summed E-state index contributed by atoms with van der Waals surface area (Å²) in [6.45, 7) is 1.09. The summed E-state index contributed by atoms with van der Waals surface area (Å²) in [5.74, 6) is 0.565. The Morgan fingerprint density at radius 3 is 2.71 bits per heavy atom. The van der Waals surface area contributed by atoms with Crippen LogP contribution in [0.1, 0.15) is 15.9 Å². The Hall–Kier alpha value is -3.01. The number of esters is 1. The van der Waals surface area contributed by atoms with Crippen molar-refractivity contribution in [3.8, 4) is 5.75 Å². The molecular weight excluding hydrogens is 302 g/mol. The number of anilines is 1. The van der Waals surface area contributed by atoms with E-state index >= 15 is 0 Å². The van der Waals surface area contributed by atoms with Crippen LogP contribution in [-0.4, -0.2) is 19.8 Å². The highest BCUT2D eigenvalue weighted by Crippen LogP contribution is 2.35. The first kappa shape index (κ1) is 14.6. The van der Waals surface area contributed by atoms with Gasteiger partial charge in [-0.3, -0.25) is 0 Å². The van der Waals surface area contributed by atoms with Crippen molar-refractivity contribution in [3.63, 3.8) is 0 Å². The Morgan fingerprint density at radius 2 is 1.83 bits per heavy atom. The number of para-hydroxylation sites is 1. The third-order valence-corrected chi connectivity index (χ3v) is 4.37. The number of hydrogen-bond acceptors (Lipinski definition) is 4. The zero-order chi connectivity index (χ0) is 16.5. The molecule has 1 aliphatic rings. The maximum atomic E-state index is 12.0. The fraction of sp³-hybridized carbons (Fsp3) is 0.150. The molecule has 4 heteroatoms. The van der Waals surface area contributed by atoms with E-state index in [2.05, 4.69) is 23.1 Å². The highest BCUT2D eigenvalue weighted by molar-refractivity contribution is 5.96. The summed E-state index contributed by atoms with van der Waals surface area (Å²) in [6.07, 6.45) is 0. The van der Waals surface area contributed by atoms with Gasteiger partial charge < -0.3 is 14.4 Å². The number of methoxy groups -OCH3 is 1. The van der Waals surface area contributed by atoms with Crippen molar-refractivity contribution in [2.45, 2.75) is 6.54 Å². The van der Waals surface area contributed by atoms with Crippen molar-refractivity contribution >= 4 is 22.4 Å². The monoisotopic (exact) mass is 319 g/mol. The van der Waals surface area contributed by atoms with Crippen LogP contribution >= 0.6 is 0 Å². The number of carbonyl (C=O) groups excluding carboxylic acids is 1. The topological polar surface area (TPSA) is 38.8 Å². The SMILES string of the molecule is COC(=O)c1ccccc1N1COc2ccc3ccccc3c2C1. The largest absolute Gasteiger partial charge is 0.473 e. The molecule has 0 radical (unpaired) electrons. The van der Waals surface area contributed by atoms with Gasteiger partial charge in [-0.2, -0.15) is 0 Å². The van der Waals surface area contributed by atoms with Gasteiger partial charge in [-0.25, -0.2) is 4.79 Å². The van der Waals surface area contributed by atoms with E-state index in [0.29, 0.717) is 18.8 Å². The first-order chi connectivity index (χ1) is 11.8. The average molecular weight is 319 g/mol. The van der Waals surface area contributed by atoms with Gasteiger partial charge in [-0.15, -0.1) is 0 Å². The lowest BCUT2D eigenvalue weighted by Gasteiger charge is -2.32. The second kappa shape index (κ2) is 5.89. The normalized spacial score (nSPS) is 13.3. The van der Waals surface area contributed by atoms with Gasteiger partial charge in [0.25, 0.3) is 0 Å². The Morgan fingerprint density at radius 1 is 1.04 bits per heavy atom. The van der Waals surface area contributed by atoms with E-state index < -0.39 is 0 Å². The number of carbonyl (C=O) groups is 1. The van der Waals surface area contributed by atoms with Gasteiger partial charge >= 0.3 is 5.97 Å². The molecule has 0 atom stereocenters. The van der Waals surface area contributed by atoms with E-state index in [9.17, 15) is 4.79 Å². The molecule has 3 aromatic carbocycles. The van der Waals surface area contributed by atoms with Crippen LogP contribution in [0.3, 0.4) is 0 Å². The molecule has 3 aromatic rings. The van der Waals surface area contributed by atoms with Crippen molar-refractivity contribution in [2.24, 2.45) is 0 Å². The molecule has 0 amide bonds. The van der Waals surface area contributed by atoms with E-state index in [1.165, 1.54) is 17.9 Å². The van der Waals surface area contributed by atoms with Crippen molar-refractivity contribution in [1.29, 1.82) is 0 Å². The molecule has 0 saturated heterocycles. The Labute approximate surface area is 140 Å². The standard InChI is InChI=1S/C20H17NO3/c1-23-20(22)16-8-4-5-9-18(16)21-12-17-15-7-3-2-6-14(15)10-11-19(17)24-13-21/h2-11H,12-13H2,1H3. The summed E-state index contributed by atoms with van der Waals surface area (Å²) in [6, 6.07) is 19.8. The van der Waals surface area contributed by atoms with Gasteiger partial charge in [0.15, 0.2) is 6.73 Å². The molecule has 0 saturated carbocycles. The van der Waals surface area contributed by atoms with E-state index in [0.717, 1.165) is 17.0 Å². The van der Waals surface area contributed by atoms with Crippen molar-refractivity contribution in [2.75, 3.05) is 18.7 Å². The van der Waals surface area contributed by atoms with Crippen LogP contribution in [0.4, 0.5) is 5.69 Å². The molecule has 120 valence electrons. The summed E-state index contributed by atoms with van der Waals surface area (Å²) in [5, 5.41) is 2.36. The second-order valence-corrected chi connectivity index (χ2v) is 5.74. The molecule has 0 N–H and O–H groups in total. The van der Waals surface area contributed by atoms with E-state index in [4.69, 9.17) is 9.47 Å². The molecule has 0 aliphatic carbocycles. The quantitative estimate of drug-likeness (QED) is 0.670. The van der Waals surface area contributed by atoms with Gasteiger partial charge in [0.1, 0.15) is 5.75 Å². The lowest BCUT2D eigenvalue weighted by molar-refractivity contribution is 0.0601. The van der Waals surface area contributed by atoms with Crippen LogP contribution in [0, 0.1) is 0 Å². The third-order valence-electron chi connectivity index (χ3n) is 4.37. The van der Waals surface area contributed by atoms with Gasteiger partial charge in [-0.05, 0) is 29.0 Å². The highest BCUT2D eigenvalue weighted by Gasteiger charge is 2.23. The second-order valence-electron chi connectivity index (χ2n) is 5.74. The number of hydrogen-bond donors (Lipinski definition) is 0. The minimum atomic E-state index is -0.339. The Bertz CT molecular complexity index is 920. The van der Waals surface area contributed by atoms with Crippen LogP contribution in [-0.2, 0) is 11.3 Å². The summed E-state index contributed by atoms with van der Waals surface area (Å²) < 4.78 is 10.8. The van der Waals surface area contributed by atoms with E-state index in [-0.39, 0.29) is 5.97 Å². The highest BCUT2D eigenvalue weighted by atomic mass is 16.5. The van der Waals surface area contributed by atoms with Gasteiger partial charge in [0.05, 0.1) is 24.9 Å². The first-order valence-corrected chi connectivity index (χ1v) is 7.83. The number of fused-ring (bicyclic) bond motifs is 3. The predicted molar refractivity (Wildman–Crippen MR) is 93.4 cm³/mol. The maximum Gasteiger partial charge on any atom is 0.339 e. The lowest BCUT2D eigenvalue weighted by atomic mass is 10.0. The molecule has 24 heavy (non-hydrogen) atoms. The van der Waals surface area contributed by atoms with Gasteiger partial charge in [0, 0.05) is 5.56 Å². The summed E-state index contributed by atoms with van der Waals surface area (Å²) in [7, 11) is 1.40. The van der Waals surface area contributed by atoms with Crippen LogP contribution in [0.5, 0.6) is 5.75 Å². The van der Waals surface area contributed by atoms with Crippen LogP contribution in [0.15, 0.2) is 60.7 Å². The zero-order valence-corrected chi connectivity index (χ0v) is 13.4. The molecule has 4 nitrogen and oxygen atoms in total. The zero-order valence-electron chi connectivity index (χ0n) is 13.4. The molecule has 1 heterocycles. The molecule has 1 aliphatic heterocycles. The fourth-order valence-corrected chi connectivity index (χ4v) is 3.18. The van der Waals surface area contributed by atoms with Crippen LogP contribution in [0.25, 0.3) is 10.8 Å². The number of rotatable bonds is 2. The number of ether oxygens (including phenoxy) is 2. The molecular formula is C20H17NO3. The molecule has 0 aromatic heterocycles. The predicted octanol–water partition coefficient (Wildman–Crippen LogP) is 3.98. The van der Waals surface area contributed by atoms with Crippen molar-refractivity contribution in [3.05, 3.63) is 71.8 Å². The molecule has 0 fully saturated rings. The number of benzene rings is 3. The molecule has 0 spiro atoms. The average Bonchev–Trinajstić information content (AvgIpc) is 2.67. The number of nitrogens with zero attached hydrogens (tertiary/aromatic N) is 1.